The van der Waals surface area contributed by atoms with E-state index >= 15 is 0 Å². The van der Waals surface area contributed by atoms with Gasteiger partial charge in [-0.05, 0) is 44.3 Å². The van der Waals surface area contributed by atoms with Crippen molar-refractivity contribution < 1.29 is 38.9 Å². The highest BCUT2D eigenvalue weighted by molar-refractivity contribution is 7.96. The second-order valence-electron chi connectivity index (χ2n) is 8.38. The van der Waals surface area contributed by atoms with E-state index in [4.69, 9.17) is 14.6 Å². The molecular weight excluding hydrogens is 504 g/mol. The molecule has 0 fully saturated rings. The van der Waals surface area contributed by atoms with Crippen LogP contribution in [0.4, 0.5) is 0 Å². The van der Waals surface area contributed by atoms with Crippen LogP contribution in [0, 0.1) is 0 Å². The van der Waals surface area contributed by atoms with Gasteiger partial charge in [-0.3, -0.25) is 24.1 Å². The lowest BCUT2D eigenvalue weighted by atomic mass is 10.0. The first kappa shape index (κ1) is 32.3. The second kappa shape index (κ2) is 18.5. The molecule has 0 aliphatic rings. The van der Waals surface area contributed by atoms with Crippen molar-refractivity contribution in [2.75, 3.05) is 53.3 Å². The number of hydrogen-bond acceptors (Lipinski definition) is 9. The minimum atomic E-state index is -0.962. The van der Waals surface area contributed by atoms with Gasteiger partial charge in [-0.1, -0.05) is 36.2 Å². The van der Waals surface area contributed by atoms with Crippen LogP contribution in [0.3, 0.4) is 0 Å². The lowest BCUT2D eigenvalue weighted by Crippen LogP contribution is -2.37. The molecule has 0 aliphatic carbocycles. The highest BCUT2D eigenvalue weighted by Gasteiger charge is 2.20. The third kappa shape index (κ3) is 14.6. The molecule has 2 unspecified atom stereocenters. The van der Waals surface area contributed by atoms with Crippen molar-refractivity contribution in [3.8, 4) is 0 Å². The summed E-state index contributed by atoms with van der Waals surface area (Å²) in [7, 11) is 3.31. The number of rotatable bonds is 20. The van der Waals surface area contributed by atoms with Gasteiger partial charge in [-0.15, -0.1) is 0 Å². The van der Waals surface area contributed by atoms with Gasteiger partial charge in [0.05, 0.1) is 19.8 Å². The van der Waals surface area contributed by atoms with Crippen LogP contribution in [-0.2, 0) is 41.6 Å². The van der Waals surface area contributed by atoms with Crippen molar-refractivity contribution in [2.24, 2.45) is 0 Å². The molecule has 1 rings (SSSR count). The maximum absolute atomic E-state index is 11.9. The van der Waals surface area contributed by atoms with Gasteiger partial charge in [0, 0.05) is 19.5 Å². The van der Waals surface area contributed by atoms with E-state index in [9.17, 15) is 24.3 Å². The van der Waals surface area contributed by atoms with Crippen LogP contribution in [0.25, 0.3) is 0 Å². The number of nitrogens with one attached hydrogen (secondary N) is 3. The SMILES string of the molecule is CSNC(Cc1ccc(CNC(=O)COCCOCCNC(=O)CCC(C(=O)O)N(C)C)cc1)C(=O)O. The fourth-order valence-electron chi connectivity index (χ4n) is 3.21. The first-order valence-corrected chi connectivity index (χ1v) is 13.0. The number of hydrogen-bond donors (Lipinski definition) is 5. The van der Waals surface area contributed by atoms with Crippen molar-refractivity contribution >= 4 is 35.7 Å². The molecule has 37 heavy (non-hydrogen) atoms. The third-order valence-electron chi connectivity index (χ3n) is 5.24. The zero-order chi connectivity index (χ0) is 27.6. The first-order valence-electron chi connectivity index (χ1n) is 11.8. The predicted octanol–water partition coefficient (Wildman–Crippen LogP) is 0.111. The van der Waals surface area contributed by atoms with Crippen LogP contribution in [0.15, 0.2) is 24.3 Å². The molecule has 0 bridgehead atoms. The van der Waals surface area contributed by atoms with E-state index in [1.54, 1.807) is 25.3 Å². The van der Waals surface area contributed by atoms with Crippen LogP contribution < -0.4 is 15.4 Å². The molecule has 0 spiro atoms. The van der Waals surface area contributed by atoms with Gasteiger partial charge in [0.25, 0.3) is 0 Å². The molecule has 12 nitrogen and oxygen atoms in total. The molecule has 2 amide bonds. The van der Waals surface area contributed by atoms with Crippen molar-refractivity contribution in [3.63, 3.8) is 0 Å². The van der Waals surface area contributed by atoms with Crippen molar-refractivity contribution in [3.05, 3.63) is 35.4 Å². The summed E-state index contributed by atoms with van der Waals surface area (Å²) in [5.74, 6) is -2.39. The van der Waals surface area contributed by atoms with E-state index in [0.717, 1.165) is 11.1 Å². The summed E-state index contributed by atoms with van der Waals surface area (Å²) in [4.78, 5) is 47.6. The number of ether oxygens (including phenoxy) is 2. The number of carboxylic acids is 2. The van der Waals surface area contributed by atoms with Gasteiger partial charge in [0.1, 0.15) is 18.7 Å². The van der Waals surface area contributed by atoms with Crippen LogP contribution in [0.1, 0.15) is 24.0 Å². The average Bonchev–Trinajstić information content (AvgIpc) is 2.84. The number of aliphatic carboxylic acids is 2. The maximum atomic E-state index is 11.9. The minimum Gasteiger partial charge on any atom is -0.480 e. The first-order chi connectivity index (χ1) is 17.6. The fourth-order valence-corrected chi connectivity index (χ4v) is 3.68. The molecule has 0 heterocycles. The quantitative estimate of drug-likeness (QED) is 0.112. The van der Waals surface area contributed by atoms with Crippen LogP contribution >= 0.6 is 11.9 Å². The molecule has 13 heteroatoms. The van der Waals surface area contributed by atoms with Gasteiger partial charge in [0.2, 0.25) is 11.8 Å². The summed E-state index contributed by atoms with van der Waals surface area (Å²) in [6, 6.07) is 5.98. The largest absolute Gasteiger partial charge is 0.480 e. The third-order valence-corrected chi connectivity index (χ3v) is 5.76. The number of carbonyl (C=O) groups is 4. The van der Waals surface area contributed by atoms with Gasteiger partial charge in [-0.25, -0.2) is 4.72 Å². The molecule has 5 N–H and O–H groups in total. The number of nitrogens with zero attached hydrogens (tertiary/aromatic N) is 1. The van der Waals surface area contributed by atoms with E-state index in [2.05, 4.69) is 15.4 Å². The van der Waals surface area contributed by atoms with Gasteiger partial charge in [0.15, 0.2) is 0 Å². The zero-order valence-corrected chi connectivity index (χ0v) is 22.3. The monoisotopic (exact) mass is 542 g/mol. The zero-order valence-electron chi connectivity index (χ0n) is 21.5. The second-order valence-corrected chi connectivity index (χ2v) is 9.03. The Bertz CT molecular complexity index is 854. The van der Waals surface area contributed by atoms with Crippen LogP contribution in [0.2, 0.25) is 0 Å². The summed E-state index contributed by atoms with van der Waals surface area (Å²) >= 11 is 1.26. The number of amides is 2. The molecule has 1 aromatic rings. The molecule has 2 atom stereocenters. The van der Waals surface area contributed by atoms with E-state index in [1.165, 1.54) is 11.9 Å². The maximum Gasteiger partial charge on any atom is 0.321 e. The summed E-state index contributed by atoms with van der Waals surface area (Å²) < 4.78 is 13.5. The topological polar surface area (TPSA) is 167 Å². The lowest BCUT2D eigenvalue weighted by molar-refractivity contribution is -0.143. The fraction of sp³-hybridized carbons (Fsp3) is 0.583. The number of carboxylic acid groups (broad SMARTS) is 2. The smallest absolute Gasteiger partial charge is 0.321 e. The Morgan fingerprint density at radius 1 is 0.919 bits per heavy atom. The summed E-state index contributed by atoms with van der Waals surface area (Å²) in [6.07, 6.45) is 2.46. The molecule has 0 saturated carbocycles. The Hall–Kier alpha value is -2.71. The Morgan fingerprint density at radius 3 is 2.16 bits per heavy atom. The van der Waals surface area contributed by atoms with Gasteiger partial charge in [-0.2, -0.15) is 0 Å². The number of likely N-dealkylation sites (N-methyl/N-ethyl adjacent to an activating group) is 1. The average molecular weight is 543 g/mol. The molecule has 0 aromatic heterocycles. The minimum absolute atomic E-state index is 0.110. The van der Waals surface area contributed by atoms with Gasteiger partial charge >= 0.3 is 11.9 Å². The van der Waals surface area contributed by atoms with Crippen molar-refractivity contribution in [1.29, 1.82) is 0 Å². The van der Waals surface area contributed by atoms with E-state index < -0.39 is 24.0 Å². The summed E-state index contributed by atoms with van der Waals surface area (Å²) in [5.41, 5.74) is 1.76. The van der Waals surface area contributed by atoms with Crippen molar-refractivity contribution in [2.45, 2.75) is 37.9 Å². The number of carbonyl (C=O) groups excluding carboxylic acids is 2. The lowest BCUT2D eigenvalue weighted by Gasteiger charge is -2.19. The van der Waals surface area contributed by atoms with Crippen LogP contribution in [-0.4, -0.2) is 104 Å². The number of benzene rings is 1. The highest BCUT2D eigenvalue weighted by atomic mass is 32.2. The normalized spacial score (nSPS) is 12.6. The van der Waals surface area contributed by atoms with Gasteiger partial charge < -0.3 is 30.3 Å². The molecule has 0 saturated heterocycles. The Morgan fingerprint density at radius 2 is 1.57 bits per heavy atom. The van der Waals surface area contributed by atoms with E-state index in [0.29, 0.717) is 19.5 Å². The summed E-state index contributed by atoms with van der Waals surface area (Å²) in [5, 5.41) is 23.7. The highest BCUT2D eigenvalue weighted by Crippen LogP contribution is 2.09. The van der Waals surface area contributed by atoms with E-state index in [-0.39, 0.29) is 51.1 Å². The Balaban J connectivity index is 2.11. The molecule has 0 radical (unpaired) electrons. The van der Waals surface area contributed by atoms with E-state index in [1.807, 2.05) is 24.3 Å². The van der Waals surface area contributed by atoms with Crippen molar-refractivity contribution in [1.82, 2.24) is 20.3 Å². The molecule has 1 aromatic carbocycles. The predicted molar refractivity (Wildman–Crippen MR) is 139 cm³/mol. The molecule has 208 valence electrons. The Labute approximate surface area is 221 Å². The molecule has 0 aliphatic heterocycles. The molecular formula is C24H38N4O8S. The van der Waals surface area contributed by atoms with Crippen LogP contribution in [0.5, 0.6) is 0 Å². The standard InChI is InChI=1S/C24H38N4O8S/c1-28(2)20(24(33)34)8-9-21(29)25-10-11-35-12-13-36-16-22(30)26-15-18-6-4-17(5-7-18)14-19(23(31)32)27-37-3/h4-7,19-20,27H,8-16H2,1-3H3,(H,25,29)(H,26,30)(H,31,32)(H,33,34). The summed E-state index contributed by atoms with van der Waals surface area (Å²) in [6.45, 7) is 1.25. The Kier molecular flexibility index (Phi) is 16.2.